The lowest BCUT2D eigenvalue weighted by molar-refractivity contribution is -0.138. The molecule has 2 N–H and O–H groups in total. The number of benzene rings is 2. The molecular formula is C23H27F3N2O2. The maximum Gasteiger partial charge on any atom is 0.416 e. The highest BCUT2D eigenvalue weighted by atomic mass is 19.4. The summed E-state index contributed by atoms with van der Waals surface area (Å²) in [4.78, 5) is 14.9. The third kappa shape index (κ3) is 5.40. The lowest BCUT2D eigenvalue weighted by Crippen LogP contribution is -2.39. The minimum Gasteiger partial charge on any atom is -0.396 e. The molecule has 0 aromatic heterocycles. The van der Waals surface area contributed by atoms with Gasteiger partial charge in [0.15, 0.2) is 0 Å². The van der Waals surface area contributed by atoms with E-state index in [4.69, 9.17) is 0 Å². The molecule has 2 aromatic rings. The van der Waals surface area contributed by atoms with E-state index in [1.54, 1.807) is 0 Å². The van der Waals surface area contributed by atoms with E-state index in [1.165, 1.54) is 35.7 Å². The highest BCUT2D eigenvalue weighted by molar-refractivity contribution is 5.92. The number of nitrogens with one attached hydrogen (secondary N) is 1. The molecule has 0 spiro atoms. The van der Waals surface area contributed by atoms with Crippen LogP contribution in [0.25, 0.3) is 0 Å². The van der Waals surface area contributed by atoms with Crippen LogP contribution >= 0.6 is 0 Å². The fraction of sp³-hybridized carbons (Fsp3) is 0.435. The highest BCUT2D eigenvalue weighted by Crippen LogP contribution is 2.33. The molecule has 30 heavy (non-hydrogen) atoms. The summed E-state index contributed by atoms with van der Waals surface area (Å²) in [6, 6.07) is 10.1. The topological polar surface area (TPSA) is 52.6 Å². The Labute approximate surface area is 174 Å². The van der Waals surface area contributed by atoms with Crippen molar-refractivity contribution < 1.29 is 23.1 Å². The second-order valence-electron chi connectivity index (χ2n) is 7.98. The molecule has 0 aliphatic carbocycles. The largest absolute Gasteiger partial charge is 0.416 e. The van der Waals surface area contributed by atoms with E-state index in [0.717, 1.165) is 19.0 Å². The third-order valence-electron chi connectivity index (χ3n) is 5.59. The van der Waals surface area contributed by atoms with Gasteiger partial charge in [-0.15, -0.1) is 0 Å². The van der Waals surface area contributed by atoms with E-state index in [-0.39, 0.29) is 30.2 Å². The van der Waals surface area contributed by atoms with Gasteiger partial charge in [-0.1, -0.05) is 29.8 Å². The monoisotopic (exact) mass is 420 g/mol. The van der Waals surface area contributed by atoms with Crippen molar-refractivity contribution in [1.82, 2.24) is 4.90 Å². The molecule has 7 heteroatoms. The molecule has 0 saturated heterocycles. The first-order valence-corrected chi connectivity index (χ1v) is 10.1. The number of amides is 1. The van der Waals surface area contributed by atoms with Crippen LogP contribution in [0.2, 0.25) is 0 Å². The van der Waals surface area contributed by atoms with Crippen LogP contribution < -0.4 is 5.32 Å². The van der Waals surface area contributed by atoms with Gasteiger partial charge in [-0.2, -0.15) is 13.2 Å². The van der Waals surface area contributed by atoms with Crippen LogP contribution in [0.3, 0.4) is 0 Å². The zero-order chi connectivity index (χ0) is 21.9. The number of aryl methyl sites for hydroxylation is 2. The summed E-state index contributed by atoms with van der Waals surface area (Å²) in [5.74, 6) is -0.895. The van der Waals surface area contributed by atoms with Crippen molar-refractivity contribution in [1.29, 1.82) is 0 Å². The number of fused-ring (bicyclic) bond motifs is 1. The number of rotatable bonds is 6. The van der Waals surface area contributed by atoms with Gasteiger partial charge < -0.3 is 10.4 Å². The Morgan fingerprint density at radius 1 is 1.17 bits per heavy atom. The van der Waals surface area contributed by atoms with Crippen molar-refractivity contribution in [2.75, 3.05) is 25.0 Å². The van der Waals surface area contributed by atoms with Crippen molar-refractivity contribution in [2.45, 2.75) is 39.4 Å². The summed E-state index contributed by atoms with van der Waals surface area (Å²) in [5, 5.41) is 12.0. The van der Waals surface area contributed by atoms with Crippen molar-refractivity contribution in [2.24, 2.45) is 5.92 Å². The van der Waals surface area contributed by atoms with Crippen LogP contribution in [0.5, 0.6) is 0 Å². The normalized spacial score (nSPS) is 15.5. The quantitative estimate of drug-likeness (QED) is 0.732. The van der Waals surface area contributed by atoms with E-state index in [1.807, 2.05) is 0 Å². The number of aliphatic hydroxyl groups excluding tert-OH is 1. The zero-order valence-corrected chi connectivity index (χ0v) is 17.2. The minimum absolute atomic E-state index is 0.106. The molecule has 0 radical (unpaired) electrons. The SMILES string of the molecule is Cc1ccc2c(c1)CCN(CC(CCO)C(=O)Nc1ccc(C)c(C(F)(F)F)c1)C2. The molecule has 0 saturated carbocycles. The Bertz CT molecular complexity index is 912. The average molecular weight is 420 g/mol. The molecule has 162 valence electrons. The Morgan fingerprint density at radius 2 is 1.93 bits per heavy atom. The first kappa shape index (κ1) is 22.3. The van der Waals surface area contributed by atoms with Gasteiger partial charge in [-0.05, 0) is 55.5 Å². The summed E-state index contributed by atoms with van der Waals surface area (Å²) in [6.45, 7) is 5.24. The van der Waals surface area contributed by atoms with Crippen molar-refractivity contribution in [3.05, 3.63) is 64.2 Å². The van der Waals surface area contributed by atoms with Gasteiger partial charge in [0.1, 0.15) is 0 Å². The van der Waals surface area contributed by atoms with Gasteiger partial charge in [0.2, 0.25) is 5.91 Å². The number of hydrogen-bond acceptors (Lipinski definition) is 3. The summed E-state index contributed by atoms with van der Waals surface area (Å²) < 4.78 is 39.4. The lowest BCUT2D eigenvalue weighted by Gasteiger charge is -2.31. The molecule has 2 aromatic carbocycles. The molecule has 1 heterocycles. The smallest absolute Gasteiger partial charge is 0.396 e. The molecule has 0 fully saturated rings. The van der Waals surface area contributed by atoms with Crippen molar-refractivity contribution in [3.8, 4) is 0 Å². The number of carbonyl (C=O) groups excluding carboxylic acids is 1. The summed E-state index contributed by atoms with van der Waals surface area (Å²) in [7, 11) is 0. The third-order valence-corrected chi connectivity index (χ3v) is 5.59. The summed E-state index contributed by atoms with van der Waals surface area (Å²) >= 11 is 0. The molecule has 3 rings (SSSR count). The second-order valence-corrected chi connectivity index (χ2v) is 7.98. The Kier molecular flexibility index (Phi) is 6.83. The second kappa shape index (κ2) is 9.18. The molecule has 1 atom stereocenters. The van der Waals surface area contributed by atoms with E-state index in [2.05, 4.69) is 35.3 Å². The van der Waals surface area contributed by atoms with Gasteiger partial charge in [-0.25, -0.2) is 0 Å². The van der Waals surface area contributed by atoms with Crippen LogP contribution in [0.15, 0.2) is 36.4 Å². The number of aliphatic hydroxyl groups is 1. The molecule has 1 aliphatic rings. The highest BCUT2D eigenvalue weighted by Gasteiger charge is 2.33. The number of alkyl halides is 3. The number of hydrogen-bond donors (Lipinski definition) is 2. The predicted octanol–water partition coefficient (Wildman–Crippen LogP) is 4.32. The van der Waals surface area contributed by atoms with Crippen LogP contribution in [0.4, 0.5) is 18.9 Å². The fourth-order valence-electron chi connectivity index (χ4n) is 3.92. The molecule has 4 nitrogen and oxygen atoms in total. The van der Waals surface area contributed by atoms with Crippen LogP contribution in [-0.2, 0) is 23.9 Å². The van der Waals surface area contributed by atoms with E-state index in [0.29, 0.717) is 13.1 Å². The van der Waals surface area contributed by atoms with Gasteiger partial charge in [0.05, 0.1) is 11.5 Å². The van der Waals surface area contributed by atoms with E-state index in [9.17, 15) is 23.1 Å². The van der Waals surface area contributed by atoms with E-state index >= 15 is 0 Å². The van der Waals surface area contributed by atoms with Crippen LogP contribution in [0.1, 0.15) is 34.2 Å². The molecule has 1 unspecified atom stereocenters. The summed E-state index contributed by atoms with van der Waals surface area (Å²) in [5.41, 5.74) is 3.21. The summed E-state index contributed by atoms with van der Waals surface area (Å²) in [6.07, 6.45) is -3.34. The maximum absolute atomic E-state index is 13.1. The van der Waals surface area contributed by atoms with Gasteiger partial charge in [0, 0.05) is 31.9 Å². The molecule has 1 amide bonds. The number of anilines is 1. The lowest BCUT2D eigenvalue weighted by atomic mass is 9.96. The standard InChI is InChI=1S/C23H27F3N2O2/c1-15-3-5-18-13-28(9-7-17(18)11-15)14-19(8-10-29)22(30)27-20-6-4-16(2)21(12-20)23(24,25)26/h3-6,11-12,19,29H,7-10,13-14H2,1-2H3,(H,27,30). The van der Waals surface area contributed by atoms with E-state index < -0.39 is 17.7 Å². The molecule has 0 bridgehead atoms. The zero-order valence-electron chi connectivity index (χ0n) is 17.2. The van der Waals surface area contributed by atoms with Gasteiger partial charge >= 0.3 is 6.18 Å². The van der Waals surface area contributed by atoms with Gasteiger partial charge in [0.25, 0.3) is 0 Å². The van der Waals surface area contributed by atoms with Crippen molar-refractivity contribution >= 4 is 11.6 Å². The number of carbonyl (C=O) groups is 1. The molecule has 1 aliphatic heterocycles. The number of nitrogens with zero attached hydrogens (tertiary/aromatic N) is 1. The number of halogens is 3. The van der Waals surface area contributed by atoms with Gasteiger partial charge in [-0.3, -0.25) is 9.69 Å². The van der Waals surface area contributed by atoms with Crippen LogP contribution in [-0.4, -0.2) is 35.6 Å². The maximum atomic E-state index is 13.1. The Balaban J connectivity index is 1.69. The Hall–Kier alpha value is -2.38. The van der Waals surface area contributed by atoms with Crippen molar-refractivity contribution in [3.63, 3.8) is 0 Å². The first-order chi connectivity index (χ1) is 14.2. The minimum atomic E-state index is -4.48. The predicted molar refractivity (Wildman–Crippen MR) is 110 cm³/mol. The average Bonchev–Trinajstić information content (AvgIpc) is 2.68. The Morgan fingerprint density at radius 3 is 2.63 bits per heavy atom. The molecular weight excluding hydrogens is 393 g/mol. The first-order valence-electron chi connectivity index (χ1n) is 10.1. The van der Waals surface area contributed by atoms with Crippen LogP contribution in [0, 0.1) is 19.8 Å². The fourth-order valence-corrected chi connectivity index (χ4v) is 3.92.